The molecule has 1 aliphatic carbocycles. The van der Waals surface area contributed by atoms with E-state index in [9.17, 15) is 28.5 Å². The standard InChI is InChI=1S/C6H16O18P4.4Na/c7-1-2(8)4(22-26(12,13)14)6(24-28(18,19)20)5(23-27(15,16)17)3(1)21-25(9,10)11;;;;/h1-8H,(H2,9,10,11)(H2,12,13,14)(H2,15,16,17)(H2,18,19,20);;;;/q;4*+1/t1-,2-,3+,4+,5-,6+;;;;/m1..../s1. The molecule has 0 radical (unpaired) electrons. The van der Waals surface area contributed by atoms with Crippen LogP contribution in [-0.4, -0.2) is 86.0 Å². The predicted molar refractivity (Wildman–Crippen MR) is 79.7 cm³/mol. The van der Waals surface area contributed by atoms with Crippen molar-refractivity contribution in [1.82, 2.24) is 0 Å². The Morgan fingerprint density at radius 2 is 0.562 bits per heavy atom. The molecule has 0 unspecified atom stereocenters. The van der Waals surface area contributed by atoms with Crippen LogP contribution in [-0.2, 0) is 36.4 Å². The summed E-state index contributed by atoms with van der Waals surface area (Å²) in [6, 6.07) is 0. The largest absolute Gasteiger partial charge is 1.00 e. The first-order valence-corrected chi connectivity index (χ1v) is 12.6. The first-order valence-electron chi connectivity index (χ1n) is 6.52. The molecular weight excluding hydrogens is 576 g/mol. The zero-order valence-electron chi connectivity index (χ0n) is 17.0. The SMILES string of the molecule is O=P(O)(O)O[C@@H]1[C@H](OP(=O)(O)O)[C@@H](OP(=O)(O)O)[C@H](O)[C@@H](O)[C@@H]1OP(=O)(O)O.[Na+].[Na+].[Na+].[Na+]. The third-order valence-electron chi connectivity index (χ3n) is 3.03. The van der Waals surface area contributed by atoms with Crippen LogP contribution in [0.15, 0.2) is 0 Å². The first-order chi connectivity index (χ1) is 12.2. The molecule has 0 aromatic heterocycles. The molecule has 10 N–H and O–H groups in total. The molecule has 26 heteroatoms. The molecule has 0 aromatic carbocycles. The average Bonchev–Trinajstić information content (AvgIpc) is 2.39. The van der Waals surface area contributed by atoms with E-state index in [1.807, 2.05) is 0 Å². The molecule has 0 spiro atoms. The van der Waals surface area contributed by atoms with Crippen molar-refractivity contribution in [2.45, 2.75) is 36.6 Å². The Balaban J connectivity index is -0.000000980. The second-order valence-electron chi connectivity index (χ2n) is 5.22. The number of phosphoric ester groups is 4. The summed E-state index contributed by atoms with van der Waals surface area (Å²) >= 11 is 0. The van der Waals surface area contributed by atoms with E-state index in [-0.39, 0.29) is 118 Å². The van der Waals surface area contributed by atoms with Crippen molar-refractivity contribution < 1.29 is 204 Å². The summed E-state index contributed by atoms with van der Waals surface area (Å²) in [6.45, 7) is 0. The molecule has 18 nitrogen and oxygen atoms in total. The quantitative estimate of drug-likeness (QED) is 0.0924. The summed E-state index contributed by atoms with van der Waals surface area (Å²) < 4.78 is 60.6. The van der Waals surface area contributed by atoms with E-state index >= 15 is 0 Å². The molecule has 0 aromatic rings. The predicted octanol–water partition coefficient (Wildman–Crippen LogP) is -15.4. The van der Waals surface area contributed by atoms with E-state index in [0.29, 0.717) is 0 Å². The van der Waals surface area contributed by atoms with Crippen LogP contribution < -0.4 is 118 Å². The maximum Gasteiger partial charge on any atom is 1.00 e. The van der Waals surface area contributed by atoms with Crippen LogP contribution in [0.25, 0.3) is 0 Å². The van der Waals surface area contributed by atoms with Gasteiger partial charge in [0.1, 0.15) is 36.6 Å². The maximum absolute atomic E-state index is 11.1. The van der Waals surface area contributed by atoms with E-state index < -0.39 is 67.9 Å². The smallest absolute Gasteiger partial charge is 0.387 e. The van der Waals surface area contributed by atoms with Gasteiger partial charge in [0.2, 0.25) is 0 Å². The van der Waals surface area contributed by atoms with Crippen LogP contribution >= 0.6 is 31.3 Å². The number of aliphatic hydroxyl groups excluding tert-OH is 2. The van der Waals surface area contributed by atoms with Gasteiger partial charge in [-0.2, -0.15) is 0 Å². The summed E-state index contributed by atoms with van der Waals surface area (Å²) in [5, 5.41) is 19.8. The van der Waals surface area contributed by atoms with Crippen LogP contribution in [0.4, 0.5) is 0 Å². The van der Waals surface area contributed by atoms with Crippen molar-refractivity contribution in [3.63, 3.8) is 0 Å². The summed E-state index contributed by atoms with van der Waals surface area (Å²) in [4.78, 5) is 71.1. The van der Waals surface area contributed by atoms with E-state index in [4.69, 9.17) is 39.1 Å². The van der Waals surface area contributed by atoms with Crippen LogP contribution in [0.1, 0.15) is 0 Å². The Morgan fingerprint density at radius 3 is 0.719 bits per heavy atom. The summed E-state index contributed by atoms with van der Waals surface area (Å²) in [5.74, 6) is 0. The Kier molecular flexibility index (Phi) is 22.3. The number of aliphatic hydroxyl groups is 2. The normalized spacial score (nSPS) is 28.9. The molecule has 1 aliphatic rings. The molecule has 1 saturated carbocycles. The monoisotopic (exact) mass is 592 g/mol. The van der Waals surface area contributed by atoms with Gasteiger partial charge in [0.15, 0.2) is 0 Å². The van der Waals surface area contributed by atoms with E-state index in [0.717, 1.165) is 0 Å². The second kappa shape index (κ2) is 16.5. The average molecular weight is 592 g/mol. The van der Waals surface area contributed by atoms with Crippen LogP contribution in [0, 0.1) is 0 Å². The number of rotatable bonds is 8. The van der Waals surface area contributed by atoms with Crippen molar-refractivity contribution >= 4 is 31.3 Å². The van der Waals surface area contributed by atoms with Crippen LogP contribution in [0.5, 0.6) is 0 Å². The van der Waals surface area contributed by atoms with Crippen molar-refractivity contribution in [3.05, 3.63) is 0 Å². The third-order valence-corrected chi connectivity index (χ3v) is 5.10. The molecule has 0 aliphatic heterocycles. The number of phosphoric acid groups is 4. The van der Waals surface area contributed by atoms with Gasteiger partial charge < -0.3 is 49.4 Å². The minimum Gasteiger partial charge on any atom is -0.387 e. The zero-order valence-corrected chi connectivity index (χ0v) is 28.6. The topological polar surface area (TPSA) is 308 Å². The van der Waals surface area contributed by atoms with Gasteiger partial charge in [-0.05, 0) is 0 Å². The maximum atomic E-state index is 11.1. The van der Waals surface area contributed by atoms with Crippen molar-refractivity contribution in [2.24, 2.45) is 0 Å². The molecule has 6 atom stereocenters. The Hall–Kier alpha value is 4.36. The fourth-order valence-corrected chi connectivity index (χ4v) is 4.51. The van der Waals surface area contributed by atoms with Gasteiger partial charge >= 0.3 is 150 Å². The van der Waals surface area contributed by atoms with Gasteiger partial charge in [-0.1, -0.05) is 0 Å². The van der Waals surface area contributed by atoms with Gasteiger partial charge in [-0.25, -0.2) is 18.3 Å². The first kappa shape index (κ1) is 43.4. The summed E-state index contributed by atoms with van der Waals surface area (Å²) in [5.41, 5.74) is 0. The molecule has 0 saturated heterocycles. The van der Waals surface area contributed by atoms with Gasteiger partial charge in [0, 0.05) is 0 Å². The van der Waals surface area contributed by atoms with Crippen LogP contribution in [0.2, 0.25) is 0 Å². The molecule has 32 heavy (non-hydrogen) atoms. The molecule has 0 heterocycles. The number of hydrogen-bond acceptors (Lipinski definition) is 10. The molecule has 168 valence electrons. The zero-order chi connectivity index (χ0) is 22.3. The molecular formula is C6H16Na4O18P4+4. The van der Waals surface area contributed by atoms with Crippen molar-refractivity contribution in [3.8, 4) is 0 Å². The van der Waals surface area contributed by atoms with Gasteiger partial charge in [0.25, 0.3) is 0 Å². The van der Waals surface area contributed by atoms with Crippen molar-refractivity contribution in [1.29, 1.82) is 0 Å². The van der Waals surface area contributed by atoms with Gasteiger partial charge in [0.05, 0.1) is 0 Å². The van der Waals surface area contributed by atoms with Gasteiger partial charge in [-0.3, -0.25) is 18.1 Å². The fourth-order valence-electron chi connectivity index (χ4n) is 2.27. The minimum absolute atomic E-state index is 0. The van der Waals surface area contributed by atoms with E-state index in [1.54, 1.807) is 0 Å². The third kappa shape index (κ3) is 16.4. The van der Waals surface area contributed by atoms with E-state index in [2.05, 4.69) is 18.1 Å². The minimum atomic E-state index is -5.67. The fraction of sp³-hybridized carbons (Fsp3) is 1.00. The Morgan fingerprint density at radius 1 is 0.406 bits per heavy atom. The summed E-state index contributed by atoms with van der Waals surface area (Å²) in [7, 11) is -22.5. The molecule has 0 bridgehead atoms. The Labute approximate surface area is 268 Å². The van der Waals surface area contributed by atoms with E-state index in [1.165, 1.54) is 0 Å². The molecule has 0 amide bonds. The molecule has 1 rings (SSSR count). The summed E-state index contributed by atoms with van der Waals surface area (Å²) in [6.07, 6.45) is -15.9. The number of hydrogen-bond donors (Lipinski definition) is 10. The van der Waals surface area contributed by atoms with Crippen molar-refractivity contribution in [2.75, 3.05) is 0 Å². The molecule has 1 fully saturated rings. The second-order valence-corrected chi connectivity index (χ2v) is 9.99. The van der Waals surface area contributed by atoms with Gasteiger partial charge in [-0.15, -0.1) is 0 Å². The van der Waals surface area contributed by atoms with Crippen LogP contribution in [0.3, 0.4) is 0 Å². The Bertz CT molecular complexity index is 682.